The van der Waals surface area contributed by atoms with Gasteiger partial charge in [-0.05, 0) is 69.4 Å². The molecule has 4 atom stereocenters. The lowest BCUT2D eigenvalue weighted by Gasteiger charge is -2.50. The number of hydrogen-bond acceptors (Lipinski definition) is 9. The van der Waals surface area contributed by atoms with Crippen molar-refractivity contribution in [3.63, 3.8) is 0 Å². The summed E-state index contributed by atoms with van der Waals surface area (Å²) in [5.74, 6) is -8.93. The van der Waals surface area contributed by atoms with E-state index in [4.69, 9.17) is 5.73 Å². The van der Waals surface area contributed by atoms with E-state index in [2.05, 4.69) is 0 Å². The second-order valence-electron chi connectivity index (χ2n) is 12.2. The van der Waals surface area contributed by atoms with Crippen LogP contribution in [-0.4, -0.2) is 86.0 Å². The molecule has 0 spiro atoms. The highest BCUT2D eigenvalue weighted by molar-refractivity contribution is 6.24. The number of phenolic OH excluding ortho intramolecular Hbond substituents is 1. The highest BCUT2D eigenvalue weighted by atomic mass is 19.4. The number of amides is 1. The first-order valence-electron chi connectivity index (χ1n) is 14.4. The summed E-state index contributed by atoms with van der Waals surface area (Å²) in [5.41, 5.74) is -1.12. The monoisotopic (exact) mass is 607 g/mol. The van der Waals surface area contributed by atoms with Gasteiger partial charge in [-0.3, -0.25) is 24.2 Å². The Kier molecular flexibility index (Phi) is 7.67. The molecule has 234 valence electrons. The maximum Gasteiger partial charge on any atom is 0.417 e. The number of fused-ring (bicyclic) bond motifs is 3. The van der Waals surface area contributed by atoms with Gasteiger partial charge in [0.25, 0.3) is 5.91 Å². The summed E-state index contributed by atoms with van der Waals surface area (Å²) < 4.78 is 44.4. The summed E-state index contributed by atoms with van der Waals surface area (Å²) in [6.45, 7) is 2.28. The van der Waals surface area contributed by atoms with Crippen LogP contribution in [0.4, 0.5) is 13.2 Å². The minimum Gasteiger partial charge on any atom is -0.508 e. The maximum atomic E-state index is 14.8. The molecule has 1 amide bonds. The van der Waals surface area contributed by atoms with Crippen LogP contribution in [0.3, 0.4) is 0 Å². The fraction of sp³-hybridized carbons (Fsp3) is 0.567. The lowest BCUT2D eigenvalue weighted by atomic mass is 9.57. The van der Waals surface area contributed by atoms with Gasteiger partial charge in [-0.25, -0.2) is 0 Å². The van der Waals surface area contributed by atoms with Gasteiger partial charge >= 0.3 is 6.18 Å². The number of rotatable bonds is 6. The van der Waals surface area contributed by atoms with Gasteiger partial charge in [-0.15, -0.1) is 0 Å². The number of hydrogen-bond donors (Lipinski definition) is 5. The van der Waals surface area contributed by atoms with E-state index >= 15 is 0 Å². The number of Topliss-reactive ketones (excluding diaryl/α,β-unsaturated/α-hetero) is 2. The van der Waals surface area contributed by atoms with Crippen LogP contribution in [-0.2, 0) is 33.5 Å². The third kappa shape index (κ3) is 4.63. The Morgan fingerprint density at radius 2 is 1.77 bits per heavy atom. The first-order valence-corrected chi connectivity index (χ1v) is 14.4. The van der Waals surface area contributed by atoms with E-state index in [1.807, 2.05) is 11.8 Å². The van der Waals surface area contributed by atoms with Crippen LogP contribution in [0.15, 0.2) is 23.0 Å². The fourth-order valence-corrected chi connectivity index (χ4v) is 7.85. The zero-order valence-electron chi connectivity index (χ0n) is 24.2. The lowest BCUT2D eigenvalue weighted by Crippen LogP contribution is -2.65. The van der Waals surface area contributed by atoms with E-state index in [9.17, 15) is 48.0 Å². The van der Waals surface area contributed by atoms with Crippen molar-refractivity contribution in [2.24, 2.45) is 17.6 Å². The molecular formula is C30H36F3N3O7. The Morgan fingerprint density at radius 1 is 1.14 bits per heavy atom. The van der Waals surface area contributed by atoms with Crippen molar-refractivity contribution >= 4 is 23.2 Å². The smallest absolute Gasteiger partial charge is 0.417 e. The zero-order chi connectivity index (χ0) is 31.8. The van der Waals surface area contributed by atoms with Gasteiger partial charge in [-0.2, -0.15) is 13.2 Å². The van der Waals surface area contributed by atoms with Crippen molar-refractivity contribution in [3.8, 4) is 5.75 Å². The molecule has 43 heavy (non-hydrogen) atoms. The number of aromatic hydroxyl groups is 1. The van der Waals surface area contributed by atoms with Crippen LogP contribution < -0.4 is 5.73 Å². The Balaban J connectivity index is 1.70. The highest BCUT2D eigenvalue weighted by Crippen LogP contribution is 2.54. The molecule has 0 unspecified atom stereocenters. The van der Waals surface area contributed by atoms with Gasteiger partial charge in [0.15, 0.2) is 11.4 Å². The number of primary amides is 1. The minimum atomic E-state index is -4.87. The van der Waals surface area contributed by atoms with E-state index in [0.717, 1.165) is 31.7 Å². The van der Waals surface area contributed by atoms with Crippen molar-refractivity contribution in [2.75, 3.05) is 20.6 Å². The van der Waals surface area contributed by atoms with Crippen molar-refractivity contribution < 1.29 is 48.0 Å². The number of benzene rings is 1. The average Bonchev–Trinajstić information content (AvgIpc) is 3.43. The van der Waals surface area contributed by atoms with E-state index in [0.29, 0.717) is 6.54 Å². The summed E-state index contributed by atoms with van der Waals surface area (Å²) in [7, 11) is 2.90. The summed E-state index contributed by atoms with van der Waals surface area (Å²) in [5, 5.41) is 44.9. The van der Waals surface area contributed by atoms with Crippen LogP contribution >= 0.6 is 0 Å². The van der Waals surface area contributed by atoms with Gasteiger partial charge in [0, 0.05) is 24.1 Å². The maximum absolute atomic E-state index is 14.8. The van der Waals surface area contributed by atoms with E-state index in [1.165, 1.54) is 19.0 Å². The van der Waals surface area contributed by atoms with Gasteiger partial charge in [0.05, 0.1) is 17.2 Å². The van der Waals surface area contributed by atoms with Gasteiger partial charge < -0.3 is 26.2 Å². The van der Waals surface area contributed by atoms with E-state index in [-0.39, 0.29) is 30.1 Å². The number of aliphatic hydroxyl groups is 3. The Hall–Kier alpha value is -3.42. The number of likely N-dealkylation sites (N-methyl/N-ethyl adjacent to an activating group) is 1. The molecule has 2 fully saturated rings. The molecule has 6 N–H and O–H groups in total. The molecule has 13 heteroatoms. The SMILES string of the molecule is CCN(Cc1cc(O)c2c(c1C(F)(F)F)C[C@H]1C[C@H]3[C@H](N(C)C)C(=O)C(C(N)=O)=C(O)[C@@]3(O)C(=O)C1=C2O)C1CCCC1. The van der Waals surface area contributed by atoms with Crippen LogP contribution in [0, 0.1) is 11.8 Å². The molecule has 1 aromatic carbocycles. The van der Waals surface area contributed by atoms with Crippen molar-refractivity contribution in [2.45, 2.75) is 75.9 Å². The summed E-state index contributed by atoms with van der Waals surface area (Å²) in [6, 6.07) is -0.259. The minimum absolute atomic E-state index is 0.0775. The number of carbonyl (C=O) groups is 3. The molecule has 4 aliphatic carbocycles. The number of carbonyl (C=O) groups excluding carboxylic acids is 3. The van der Waals surface area contributed by atoms with Crippen LogP contribution in [0.25, 0.3) is 5.76 Å². The number of aliphatic hydroxyl groups excluding tert-OH is 2. The van der Waals surface area contributed by atoms with E-state index < -0.39 is 93.1 Å². The van der Waals surface area contributed by atoms with Crippen molar-refractivity contribution in [1.82, 2.24) is 9.80 Å². The van der Waals surface area contributed by atoms with Crippen molar-refractivity contribution in [3.05, 3.63) is 45.2 Å². The quantitative estimate of drug-likeness (QED) is 0.306. The number of phenols is 1. The van der Waals surface area contributed by atoms with Gasteiger partial charge in [0.2, 0.25) is 5.78 Å². The van der Waals surface area contributed by atoms with Gasteiger partial charge in [-0.1, -0.05) is 19.8 Å². The molecule has 2 saturated carbocycles. The Bertz CT molecular complexity index is 1460. The lowest BCUT2D eigenvalue weighted by molar-refractivity contribution is -0.153. The van der Waals surface area contributed by atoms with Gasteiger partial charge in [0.1, 0.15) is 22.8 Å². The molecule has 0 heterocycles. The molecule has 0 aromatic heterocycles. The summed E-state index contributed by atoms with van der Waals surface area (Å²) in [6.07, 6.45) is -1.91. The molecule has 10 nitrogen and oxygen atoms in total. The average molecular weight is 608 g/mol. The van der Waals surface area contributed by atoms with Crippen LogP contribution in [0.5, 0.6) is 5.75 Å². The molecule has 5 rings (SSSR count). The fourth-order valence-electron chi connectivity index (χ4n) is 7.85. The summed E-state index contributed by atoms with van der Waals surface area (Å²) in [4.78, 5) is 42.5. The molecule has 1 aromatic rings. The summed E-state index contributed by atoms with van der Waals surface area (Å²) >= 11 is 0. The molecule has 0 saturated heterocycles. The Labute approximate surface area is 246 Å². The molecule has 0 aliphatic heterocycles. The zero-order valence-corrected chi connectivity index (χ0v) is 24.2. The number of nitrogens with zero attached hydrogens (tertiary/aromatic N) is 2. The number of ketones is 2. The first kappa shape index (κ1) is 31.0. The number of alkyl halides is 3. The standard InChI is InChI=1S/C30H36F3N3O7/c1-4-36(15-7-5-6-8-15)12-14-11-18(37)20-16(22(14)30(31,32)33)9-13-10-17-23(35(2)3)25(39)21(28(34)42)27(41)29(17,43)26(40)19(13)24(20)38/h11,13,15,17,23,37-38,41,43H,4-10,12H2,1-3H3,(H2,34,42)/t13-,17-,23-,29-/m0/s1. The normalized spacial score (nSPS) is 28.1. The molecular weight excluding hydrogens is 571 g/mol. The second kappa shape index (κ2) is 10.6. The van der Waals surface area contributed by atoms with E-state index in [1.54, 1.807) is 0 Å². The molecule has 0 bridgehead atoms. The van der Waals surface area contributed by atoms with Crippen LogP contribution in [0.1, 0.15) is 61.3 Å². The Morgan fingerprint density at radius 3 is 2.30 bits per heavy atom. The molecule has 0 radical (unpaired) electrons. The predicted molar refractivity (Wildman–Crippen MR) is 148 cm³/mol. The predicted octanol–water partition coefficient (Wildman–Crippen LogP) is 2.75. The second-order valence-corrected chi connectivity index (χ2v) is 12.2. The van der Waals surface area contributed by atoms with Crippen LogP contribution in [0.2, 0.25) is 0 Å². The number of nitrogens with two attached hydrogens (primary N) is 1. The topological polar surface area (TPSA) is 165 Å². The third-order valence-electron chi connectivity index (χ3n) is 9.71. The number of halogens is 3. The highest BCUT2D eigenvalue weighted by Gasteiger charge is 2.64. The first-order chi connectivity index (χ1) is 20.0. The third-order valence-corrected chi connectivity index (χ3v) is 9.71. The van der Waals surface area contributed by atoms with Crippen molar-refractivity contribution in [1.29, 1.82) is 0 Å². The largest absolute Gasteiger partial charge is 0.508 e. The molecule has 4 aliphatic rings.